The first-order chi connectivity index (χ1) is 31.0. The van der Waals surface area contributed by atoms with E-state index in [0.29, 0.717) is 50.9 Å². The Labute approximate surface area is 436 Å². The summed E-state index contributed by atoms with van der Waals surface area (Å²) in [6.07, 6.45) is 7.46. The molecule has 382 valence electrons. The summed E-state index contributed by atoms with van der Waals surface area (Å²) in [5.41, 5.74) is 11.0. The number of likely N-dealkylation sites (tertiary alicyclic amines) is 1. The highest BCUT2D eigenvalue weighted by atomic mass is 32.1. The highest BCUT2D eigenvalue weighted by Gasteiger charge is 2.40. The number of nitrogens with one attached hydrogen (secondary N) is 2. The lowest BCUT2D eigenvalue weighted by atomic mass is 9.82. The lowest BCUT2D eigenvalue weighted by molar-refractivity contribution is -0.155. The third-order valence-corrected chi connectivity index (χ3v) is 13.7. The van der Waals surface area contributed by atoms with Crippen molar-refractivity contribution in [3.8, 4) is 16.9 Å². The van der Waals surface area contributed by atoms with Crippen LogP contribution in [0.2, 0.25) is 0 Å². The number of hydrogen-bond donors (Lipinski definition) is 3. The number of ether oxygens (including phenoxy) is 2. The van der Waals surface area contributed by atoms with E-state index in [2.05, 4.69) is 60.9 Å². The van der Waals surface area contributed by atoms with Crippen LogP contribution in [0.1, 0.15) is 96.4 Å². The molecule has 2 fully saturated rings. The van der Waals surface area contributed by atoms with Crippen LogP contribution in [0.5, 0.6) is 5.75 Å². The highest BCUT2D eigenvalue weighted by molar-refractivity contribution is 7.59. The van der Waals surface area contributed by atoms with E-state index in [1.165, 1.54) is 38.4 Å². The standard InChI is InChI=1S/C51H68N6O8.4H2S/c1-9-44(59)55-21-19-34(28-55)48(61)54(7)45(31(3)4)47(60)52-42-24-32-22-36(25-37(58)23-32)33-17-18-43-39(26-33)40(46(56(43)10-2)38-15-12-11-14-35(38)29-64-8)27-51(5,6)30-65-50(63)41-16-13-20-57(53-41)49(42)62;;;;/h9,17-18,22-23,25-26,31,34,41-42,45,53,58H,1,10-16,19-21,24,27-30H2,2-8H3,(H,52,60);4*1H2/t34-,41-,42-,45-;;;;/m0..../s1. The molecule has 4 heterocycles. The molecule has 7 rings (SSSR count). The van der Waals surface area contributed by atoms with Gasteiger partial charge in [-0.05, 0) is 128 Å². The Bertz CT molecular complexity index is 2390. The minimum Gasteiger partial charge on any atom is -0.508 e. The maximum absolute atomic E-state index is 14.7. The third kappa shape index (κ3) is 13.1. The molecule has 3 aliphatic heterocycles. The summed E-state index contributed by atoms with van der Waals surface area (Å²) in [4.78, 5) is 72.3. The van der Waals surface area contributed by atoms with Crippen LogP contribution in [0.25, 0.3) is 27.6 Å². The van der Waals surface area contributed by atoms with E-state index in [1.807, 2.05) is 19.9 Å². The maximum atomic E-state index is 14.7. The number of carbonyl (C=O) groups is 5. The molecule has 4 atom stereocenters. The van der Waals surface area contributed by atoms with Crippen molar-refractivity contribution >= 4 is 100 Å². The van der Waals surface area contributed by atoms with Crippen molar-refractivity contribution in [2.24, 2.45) is 17.3 Å². The van der Waals surface area contributed by atoms with E-state index < -0.39 is 47.2 Å². The number of aromatic hydroxyl groups is 1. The number of hydrogen-bond acceptors (Lipinski definition) is 9. The number of esters is 1. The molecule has 0 spiro atoms. The fourth-order valence-corrected chi connectivity index (χ4v) is 10.5. The van der Waals surface area contributed by atoms with Gasteiger partial charge < -0.3 is 34.3 Å². The molecule has 4 amide bonds. The summed E-state index contributed by atoms with van der Waals surface area (Å²) >= 11 is 0. The number of cyclic esters (lactones) is 1. The minimum atomic E-state index is -1.14. The van der Waals surface area contributed by atoms with Crippen molar-refractivity contribution in [1.82, 2.24) is 30.1 Å². The number of carbonyl (C=O) groups excluding carboxylic acids is 5. The molecule has 1 aliphatic carbocycles. The van der Waals surface area contributed by atoms with Gasteiger partial charge in [-0.1, -0.05) is 46.4 Å². The summed E-state index contributed by atoms with van der Waals surface area (Å²) in [5.74, 6) is -2.74. The monoisotopic (exact) mass is 1030 g/mol. The van der Waals surface area contributed by atoms with E-state index >= 15 is 0 Å². The molecule has 0 saturated carbocycles. The number of likely N-dealkylation sites (N-methyl/N-ethyl adjacent to an activating group) is 1. The highest BCUT2D eigenvalue weighted by Crippen LogP contribution is 2.43. The minimum absolute atomic E-state index is 0. The molecule has 1 aromatic heterocycles. The van der Waals surface area contributed by atoms with Crippen molar-refractivity contribution in [2.75, 3.05) is 47.0 Å². The summed E-state index contributed by atoms with van der Waals surface area (Å²) in [6.45, 7) is 16.1. The number of aryl methyl sites for hydroxylation is 1. The van der Waals surface area contributed by atoms with Crippen LogP contribution in [-0.2, 0) is 52.8 Å². The Morgan fingerprint density at radius 2 is 1.74 bits per heavy atom. The fraction of sp³-hybridized carbons (Fsp3) is 0.549. The van der Waals surface area contributed by atoms with Gasteiger partial charge in [0.15, 0.2) is 0 Å². The molecule has 18 heteroatoms. The molecule has 14 nitrogen and oxygen atoms in total. The Morgan fingerprint density at radius 1 is 1.01 bits per heavy atom. The summed E-state index contributed by atoms with van der Waals surface area (Å²) < 4.78 is 14.3. The van der Waals surface area contributed by atoms with Gasteiger partial charge in [-0.3, -0.25) is 29.0 Å². The normalized spacial score (nSPS) is 20.8. The topological polar surface area (TPSA) is 163 Å². The average Bonchev–Trinajstić information content (AvgIpc) is 3.90. The molecule has 0 radical (unpaired) electrons. The molecule has 3 aromatic rings. The summed E-state index contributed by atoms with van der Waals surface area (Å²) in [5, 5.41) is 16.8. The van der Waals surface area contributed by atoms with E-state index in [-0.39, 0.29) is 97.0 Å². The van der Waals surface area contributed by atoms with Crippen molar-refractivity contribution in [1.29, 1.82) is 0 Å². The Balaban J connectivity index is 0.00000315. The molecular formula is C51H76N6O8S4. The van der Waals surface area contributed by atoms with Crippen molar-refractivity contribution in [3.63, 3.8) is 0 Å². The Morgan fingerprint density at radius 3 is 2.42 bits per heavy atom. The van der Waals surface area contributed by atoms with Crippen LogP contribution in [-0.4, -0.2) is 119 Å². The van der Waals surface area contributed by atoms with E-state index in [9.17, 15) is 29.1 Å². The van der Waals surface area contributed by atoms with E-state index in [0.717, 1.165) is 54.3 Å². The number of phenolic OH excluding ortho intramolecular Hbond substituents is 1. The van der Waals surface area contributed by atoms with Gasteiger partial charge in [0.05, 0.1) is 19.1 Å². The van der Waals surface area contributed by atoms with Crippen LogP contribution < -0.4 is 10.7 Å². The molecule has 2 aromatic carbocycles. The number of methoxy groups -OCH3 is 1. The number of rotatable bonds is 10. The maximum Gasteiger partial charge on any atom is 0.324 e. The third-order valence-electron chi connectivity index (χ3n) is 13.7. The first kappa shape index (κ1) is 59.2. The van der Waals surface area contributed by atoms with Crippen LogP contribution in [0, 0.1) is 17.3 Å². The second-order valence-corrected chi connectivity index (χ2v) is 19.6. The van der Waals surface area contributed by atoms with Gasteiger partial charge in [0, 0.05) is 68.8 Å². The van der Waals surface area contributed by atoms with Gasteiger partial charge in [0.1, 0.15) is 23.9 Å². The first-order valence-corrected chi connectivity index (χ1v) is 23.4. The lowest BCUT2D eigenvalue weighted by Gasteiger charge is -2.37. The van der Waals surface area contributed by atoms with Crippen molar-refractivity contribution in [3.05, 3.63) is 71.4 Å². The van der Waals surface area contributed by atoms with Crippen molar-refractivity contribution < 1.29 is 38.6 Å². The summed E-state index contributed by atoms with van der Waals surface area (Å²) in [6, 6.07) is 8.80. The predicted octanol–water partition coefficient (Wildman–Crippen LogP) is 6.62. The van der Waals surface area contributed by atoms with Gasteiger partial charge in [-0.15, -0.1) is 0 Å². The number of fused-ring (bicyclic) bond motifs is 6. The van der Waals surface area contributed by atoms with Crippen LogP contribution in [0.4, 0.5) is 0 Å². The van der Waals surface area contributed by atoms with Crippen LogP contribution in [0.3, 0.4) is 0 Å². The van der Waals surface area contributed by atoms with E-state index in [1.54, 1.807) is 31.2 Å². The molecule has 6 bridgehead atoms. The van der Waals surface area contributed by atoms with Gasteiger partial charge in [0.2, 0.25) is 17.7 Å². The second kappa shape index (κ2) is 25.4. The average molecular weight is 1030 g/mol. The number of aromatic nitrogens is 1. The molecule has 3 N–H and O–H groups in total. The zero-order chi connectivity index (χ0) is 46.7. The number of amides is 4. The molecule has 0 unspecified atom stereocenters. The number of nitrogens with zero attached hydrogens (tertiary/aromatic N) is 4. The molecule has 4 aliphatic rings. The quantitative estimate of drug-likeness (QED) is 0.150. The summed E-state index contributed by atoms with van der Waals surface area (Å²) in [7, 11) is 3.34. The lowest BCUT2D eigenvalue weighted by Crippen LogP contribution is -2.62. The number of allylic oxidation sites excluding steroid dienone is 1. The first-order valence-electron chi connectivity index (χ1n) is 23.4. The smallest absolute Gasteiger partial charge is 0.324 e. The van der Waals surface area contributed by atoms with Crippen LogP contribution >= 0.6 is 54.0 Å². The zero-order valence-corrected chi connectivity index (χ0v) is 45.3. The van der Waals surface area contributed by atoms with Gasteiger partial charge >= 0.3 is 5.97 Å². The molecular weight excluding hydrogens is 953 g/mol. The second-order valence-electron chi connectivity index (χ2n) is 19.6. The predicted molar refractivity (Wildman–Crippen MR) is 292 cm³/mol. The van der Waals surface area contributed by atoms with Gasteiger partial charge in [-0.2, -0.15) is 54.0 Å². The van der Waals surface area contributed by atoms with E-state index in [4.69, 9.17) is 9.47 Å². The largest absolute Gasteiger partial charge is 0.508 e. The van der Waals surface area contributed by atoms with Gasteiger partial charge in [-0.25, -0.2) is 5.43 Å². The molecule has 2 saturated heterocycles. The zero-order valence-electron chi connectivity index (χ0n) is 41.3. The van der Waals surface area contributed by atoms with Crippen molar-refractivity contribution in [2.45, 2.75) is 117 Å². The molecule has 69 heavy (non-hydrogen) atoms. The Kier molecular flexibility index (Phi) is 21.8. The number of phenols is 1. The van der Waals surface area contributed by atoms with Crippen LogP contribution in [0.15, 0.2) is 54.6 Å². The number of hydrazine groups is 1. The fourth-order valence-electron chi connectivity index (χ4n) is 10.5. The van der Waals surface area contributed by atoms with Gasteiger partial charge in [0.25, 0.3) is 5.91 Å². The number of benzene rings is 2. The SMILES string of the molecule is C=CC(=O)N1CC[C@H](C(=O)N(C)[C@H](C(=O)N[C@H]2Cc3cc(O)cc(c3)-c3ccc4c(c3)c(c(C3=C(COC)CCCC3)n4CC)CC(C)(C)COC(=O)[C@@H]3CCCN(N3)C2=O)C(C)C)C1.S.S.S.S. The Hall–Kier alpha value is -4.07.